The van der Waals surface area contributed by atoms with E-state index in [9.17, 15) is 9.59 Å². The Labute approximate surface area is 95.9 Å². The van der Waals surface area contributed by atoms with Crippen LogP contribution in [0.15, 0.2) is 15.7 Å². The first-order valence-electron chi connectivity index (χ1n) is 4.10. The van der Waals surface area contributed by atoms with Crippen LogP contribution in [0, 0.1) is 0 Å². The van der Waals surface area contributed by atoms with Gasteiger partial charge in [0.05, 0.1) is 11.6 Å². The third-order valence-corrected chi connectivity index (χ3v) is 2.37. The molecule has 7 heteroatoms. The zero-order valence-electron chi connectivity index (χ0n) is 7.61. The van der Waals surface area contributed by atoms with E-state index in [-0.39, 0.29) is 36.0 Å². The minimum Gasteiger partial charge on any atom is -0.477 e. The molecule has 82 valence electrons. The number of hydrogen-bond donors (Lipinski definition) is 1. The van der Waals surface area contributed by atoms with Crippen LogP contribution in [-0.2, 0) is 9.59 Å². The molecule has 1 amide bonds. The minimum absolute atomic E-state index is 0.000664. The minimum atomic E-state index is -1.13. The maximum atomic E-state index is 11.3. The van der Waals surface area contributed by atoms with Gasteiger partial charge in [-0.2, -0.15) is 5.10 Å². The highest BCUT2D eigenvalue weighted by Crippen LogP contribution is 2.13. The number of aliphatic carboxylic acids is 1. The summed E-state index contributed by atoms with van der Waals surface area (Å²) in [5.41, 5.74) is 1.06. The molecule has 0 atom stereocenters. The van der Waals surface area contributed by atoms with Gasteiger partial charge in [0.2, 0.25) is 5.91 Å². The standard InChI is InChI=1S/C8H8Cl2N2O3/c9-3-5(10)4-12-7(13)2-1-6(11-12)8(14)15/h3H,1-2,4H2,(H,14,15)/b5-3-. The van der Waals surface area contributed by atoms with Crippen LogP contribution in [0.5, 0.6) is 0 Å². The van der Waals surface area contributed by atoms with Gasteiger partial charge < -0.3 is 5.11 Å². The first-order valence-corrected chi connectivity index (χ1v) is 4.92. The van der Waals surface area contributed by atoms with Crippen LogP contribution in [0.25, 0.3) is 0 Å². The van der Waals surface area contributed by atoms with Crippen molar-refractivity contribution in [1.29, 1.82) is 0 Å². The molecular weight excluding hydrogens is 243 g/mol. The molecule has 1 aliphatic heterocycles. The lowest BCUT2D eigenvalue weighted by Gasteiger charge is -2.21. The Bertz CT molecular complexity index is 352. The van der Waals surface area contributed by atoms with Crippen molar-refractivity contribution in [1.82, 2.24) is 5.01 Å². The summed E-state index contributed by atoms with van der Waals surface area (Å²) in [6.07, 6.45) is 0.268. The molecule has 0 aromatic heterocycles. The second-order valence-corrected chi connectivity index (χ2v) is 3.56. The van der Waals surface area contributed by atoms with E-state index < -0.39 is 5.97 Å². The average molecular weight is 251 g/mol. The van der Waals surface area contributed by atoms with E-state index in [1.165, 1.54) is 0 Å². The molecule has 1 aliphatic rings. The summed E-state index contributed by atoms with van der Waals surface area (Å²) in [5, 5.41) is 13.6. The fraction of sp³-hybridized carbons (Fsp3) is 0.375. The van der Waals surface area contributed by atoms with Crippen molar-refractivity contribution >= 4 is 40.8 Å². The molecule has 0 aliphatic carbocycles. The van der Waals surface area contributed by atoms with E-state index in [1.54, 1.807) is 0 Å². The number of carboxylic acid groups (broad SMARTS) is 1. The molecule has 5 nitrogen and oxygen atoms in total. The van der Waals surface area contributed by atoms with Crippen LogP contribution < -0.4 is 0 Å². The maximum absolute atomic E-state index is 11.3. The number of carbonyl (C=O) groups excluding carboxylic acids is 1. The van der Waals surface area contributed by atoms with Gasteiger partial charge in [-0.3, -0.25) is 4.79 Å². The lowest BCUT2D eigenvalue weighted by molar-refractivity contribution is -0.132. The van der Waals surface area contributed by atoms with E-state index in [0.29, 0.717) is 0 Å². The lowest BCUT2D eigenvalue weighted by atomic mass is 10.2. The molecule has 0 spiro atoms. The number of rotatable bonds is 3. The molecule has 15 heavy (non-hydrogen) atoms. The third-order valence-electron chi connectivity index (χ3n) is 1.77. The zero-order chi connectivity index (χ0) is 11.4. The van der Waals surface area contributed by atoms with Crippen molar-refractivity contribution < 1.29 is 14.7 Å². The zero-order valence-corrected chi connectivity index (χ0v) is 9.12. The molecule has 0 aromatic carbocycles. The Morgan fingerprint density at radius 1 is 1.60 bits per heavy atom. The average Bonchev–Trinajstić information content (AvgIpc) is 2.20. The molecule has 0 aromatic rings. The van der Waals surface area contributed by atoms with Crippen LogP contribution in [0.4, 0.5) is 0 Å². The fourth-order valence-electron chi connectivity index (χ4n) is 1.06. The quantitative estimate of drug-likeness (QED) is 0.823. The Morgan fingerprint density at radius 2 is 2.27 bits per heavy atom. The van der Waals surface area contributed by atoms with Crippen LogP contribution >= 0.6 is 23.2 Å². The number of halogens is 2. The first-order chi connectivity index (χ1) is 7.04. The number of amides is 1. The third kappa shape index (κ3) is 3.21. The van der Waals surface area contributed by atoms with E-state index in [0.717, 1.165) is 10.5 Å². The summed E-state index contributed by atoms with van der Waals surface area (Å²) in [6, 6.07) is 0. The summed E-state index contributed by atoms with van der Waals surface area (Å²) in [4.78, 5) is 21.9. The molecule has 0 radical (unpaired) electrons. The Hall–Kier alpha value is -1.07. The second-order valence-electron chi connectivity index (χ2n) is 2.86. The monoisotopic (exact) mass is 250 g/mol. The van der Waals surface area contributed by atoms with E-state index in [2.05, 4.69) is 5.10 Å². The molecule has 1 N–H and O–H groups in total. The van der Waals surface area contributed by atoms with Crippen LogP contribution in [0.2, 0.25) is 0 Å². The summed E-state index contributed by atoms with van der Waals surface area (Å²) < 4.78 is 0. The van der Waals surface area contributed by atoms with Crippen molar-refractivity contribution in [3.8, 4) is 0 Å². The molecule has 0 fully saturated rings. The van der Waals surface area contributed by atoms with Crippen LogP contribution in [-0.4, -0.2) is 34.2 Å². The van der Waals surface area contributed by atoms with E-state index in [4.69, 9.17) is 28.3 Å². The number of carbonyl (C=O) groups is 2. The second kappa shape index (κ2) is 5.14. The maximum Gasteiger partial charge on any atom is 0.352 e. The van der Waals surface area contributed by atoms with Crippen molar-refractivity contribution in [2.75, 3.05) is 6.54 Å². The molecule has 1 heterocycles. The number of hydrogen-bond acceptors (Lipinski definition) is 3. The van der Waals surface area contributed by atoms with Crippen molar-refractivity contribution in [3.63, 3.8) is 0 Å². The van der Waals surface area contributed by atoms with Crippen molar-refractivity contribution in [3.05, 3.63) is 10.6 Å². The normalized spacial score (nSPS) is 17.7. The van der Waals surface area contributed by atoms with Gasteiger partial charge in [0.25, 0.3) is 0 Å². The van der Waals surface area contributed by atoms with E-state index >= 15 is 0 Å². The summed E-state index contributed by atoms with van der Waals surface area (Å²) >= 11 is 10.9. The highest BCUT2D eigenvalue weighted by atomic mass is 35.5. The van der Waals surface area contributed by atoms with Gasteiger partial charge in [0.1, 0.15) is 5.71 Å². The highest BCUT2D eigenvalue weighted by Gasteiger charge is 2.24. The molecule has 0 saturated heterocycles. The van der Waals surface area contributed by atoms with Gasteiger partial charge in [-0.15, -0.1) is 0 Å². The van der Waals surface area contributed by atoms with Gasteiger partial charge >= 0.3 is 5.97 Å². The van der Waals surface area contributed by atoms with Gasteiger partial charge in [0.15, 0.2) is 0 Å². The number of nitrogens with zero attached hydrogens (tertiary/aromatic N) is 2. The Balaban J connectivity index is 2.81. The van der Waals surface area contributed by atoms with Crippen LogP contribution in [0.1, 0.15) is 12.8 Å². The summed E-state index contributed by atoms with van der Waals surface area (Å²) in [5.74, 6) is -1.39. The lowest BCUT2D eigenvalue weighted by Crippen LogP contribution is -2.34. The highest BCUT2D eigenvalue weighted by molar-refractivity contribution is 6.37. The molecule has 1 rings (SSSR count). The SMILES string of the molecule is O=C(O)C1=NN(C/C(Cl)=C/Cl)C(=O)CC1. The predicted octanol–water partition coefficient (Wildman–Crippen LogP) is 1.37. The molecular formula is C8H8Cl2N2O3. The largest absolute Gasteiger partial charge is 0.477 e. The number of carboxylic acids is 1. The fourth-order valence-corrected chi connectivity index (χ4v) is 1.24. The molecule has 0 bridgehead atoms. The molecule has 0 saturated carbocycles. The van der Waals surface area contributed by atoms with Crippen LogP contribution in [0.3, 0.4) is 0 Å². The van der Waals surface area contributed by atoms with Gasteiger partial charge in [-0.25, -0.2) is 9.80 Å². The summed E-state index contributed by atoms with van der Waals surface area (Å²) in [6.45, 7) is 0.000664. The van der Waals surface area contributed by atoms with Crippen molar-refractivity contribution in [2.45, 2.75) is 12.8 Å². The van der Waals surface area contributed by atoms with Gasteiger partial charge in [-0.1, -0.05) is 23.2 Å². The molecule has 0 unspecified atom stereocenters. The smallest absolute Gasteiger partial charge is 0.352 e. The van der Waals surface area contributed by atoms with Gasteiger partial charge in [0, 0.05) is 18.4 Å². The van der Waals surface area contributed by atoms with Gasteiger partial charge in [-0.05, 0) is 0 Å². The summed E-state index contributed by atoms with van der Waals surface area (Å²) in [7, 11) is 0. The van der Waals surface area contributed by atoms with Crippen molar-refractivity contribution in [2.24, 2.45) is 5.10 Å². The topological polar surface area (TPSA) is 70.0 Å². The first kappa shape index (κ1) is 12.0. The number of hydrazone groups is 1. The van der Waals surface area contributed by atoms with E-state index in [1.807, 2.05) is 0 Å². The predicted molar refractivity (Wildman–Crippen MR) is 55.8 cm³/mol. The Morgan fingerprint density at radius 3 is 2.80 bits per heavy atom. The Kier molecular flexibility index (Phi) is 4.11.